The van der Waals surface area contributed by atoms with Gasteiger partial charge >= 0.3 is 5.97 Å². The average molecular weight is 269 g/mol. The van der Waals surface area contributed by atoms with Gasteiger partial charge in [-0.2, -0.15) is 0 Å². The molecule has 0 saturated heterocycles. The third kappa shape index (κ3) is 2.50. The Kier molecular flexibility index (Phi) is 3.37. The van der Waals surface area contributed by atoms with Gasteiger partial charge in [0.1, 0.15) is 5.75 Å². The lowest BCUT2D eigenvalue weighted by Crippen LogP contribution is -2.15. The lowest BCUT2D eigenvalue weighted by Gasteiger charge is -2.06. The minimum atomic E-state index is -0.145. The summed E-state index contributed by atoms with van der Waals surface area (Å²) in [6.07, 6.45) is 3.14. The summed E-state index contributed by atoms with van der Waals surface area (Å²) >= 11 is 0. The van der Waals surface area contributed by atoms with Crippen LogP contribution >= 0.6 is 0 Å². The fraction of sp³-hybridized carbons (Fsp3) is 0.250. The molecule has 0 N–H and O–H groups in total. The van der Waals surface area contributed by atoms with Crippen molar-refractivity contribution >= 4 is 5.97 Å². The molecule has 0 fully saturated rings. The molecular weight excluding hydrogens is 254 g/mol. The van der Waals surface area contributed by atoms with Gasteiger partial charge in [0.25, 0.3) is 0 Å². The first kappa shape index (κ1) is 12.7. The highest BCUT2D eigenvalue weighted by Crippen LogP contribution is 2.31. The van der Waals surface area contributed by atoms with Gasteiger partial charge in [-0.15, -0.1) is 0 Å². The highest BCUT2D eigenvalue weighted by Gasteiger charge is 2.28. The van der Waals surface area contributed by atoms with Crippen molar-refractivity contribution in [2.75, 3.05) is 7.11 Å². The number of hydrogen-bond donors (Lipinski definition) is 0. The van der Waals surface area contributed by atoms with Crippen LogP contribution in [-0.2, 0) is 22.4 Å². The first-order chi connectivity index (χ1) is 9.76. The Labute approximate surface area is 117 Å². The van der Waals surface area contributed by atoms with E-state index in [1.807, 2.05) is 36.4 Å². The molecule has 1 unspecified atom stereocenters. The van der Waals surface area contributed by atoms with Crippen molar-refractivity contribution in [3.63, 3.8) is 0 Å². The lowest BCUT2D eigenvalue weighted by molar-refractivity contribution is -0.145. The standard InChI is InChI=1S/C16H15NO3/c1-19-16(18)13-8-11-5-6-14(10-12(11)9-13)20-15-4-2-3-7-17-15/h2-7,10,13H,8-9H2,1H3. The fourth-order valence-electron chi connectivity index (χ4n) is 2.52. The Morgan fingerprint density at radius 3 is 2.80 bits per heavy atom. The van der Waals surface area contributed by atoms with E-state index >= 15 is 0 Å². The van der Waals surface area contributed by atoms with E-state index < -0.39 is 0 Å². The summed E-state index contributed by atoms with van der Waals surface area (Å²) in [5.74, 6) is 1.09. The number of aromatic nitrogens is 1. The lowest BCUT2D eigenvalue weighted by atomic mass is 10.1. The van der Waals surface area contributed by atoms with Gasteiger partial charge < -0.3 is 9.47 Å². The molecule has 0 spiro atoms. The maximum atomic E-state index is 11.6. The van der Waals surface area contributed by atoms with Crippen molar-refractivity contribution in [2.24, 2.45) is 5.92 Å². The third-order valence-corrected chi connectivity index (χ3v) is 3.51. The van der Waals surface area contributed by atoms with Crippen molar-refractivity contribution in [1.29, 1.82) is 0 Å². The third-order valence-electron chi connectivity index (χ3n) is 3.51. The van der Waals surface area contributed by atoms with Crippen LogP contribution < -0.4 is 4.74 Å². The van der Waals surface area contributed by atoms with E-state index in [2.05, 4.69) is 4.98 Å². The average Bonchev–Trinajstić information content (AvgIpc) is 2.90. The molecule has 0 bridgehead atoms. The second-order valence-corrected chi connectivity index (χ2v) is 4.83. The zero-order chi connectivity index (χ0) is 13.9. The molecule has 1 atom stereocenters. The number of ether oxygens (including phenoxy) is 2. The van der Waals surface area contributed by atoms with E-state index in [0.29, 0.717) is 12.3 Å². The first-order valence-corrected chi connectivity index (χ1v) is 6.55. The zero-order valence-electron chi connectivity index (χ0n) is 11.2. The Morgan fingerprint density at radius 2 is 2.05 bits per heavy atom. The molecule has 102 valence electrons. The number of pyridine rings is 1. The van der Waals surface area contributed by atoms with Crippen LogP contribution in [0.5, 0.6) is 11.6 Å². The molecule has 0 saturated carbocycles. The second kappa shape index (κ2) is 5.33. The molecule has 4 nitrogen and oxygen atoms in total. The van der Waals surface area contributed by atoms with Crippen LogP contribution in [0.1, 0.15) is 11.1 Å². The normalized spacial score (nSPS) is 16.6. The van der Waals surface area contributed by atoms with E-state index in [1.165, 1.54) is 12.7 Å². The highest BCUT2D eigenvalue weighted by molar-refractivity contribution is 5.74. The molecule has 1 heterocycles. The van der Waals surface area contributed by atoms with Crippen molar-refractivity contribution in [3.8, 4) is 11.6 Å². The number of fused-ring (bicyclic) bond motifs is 1. The molecule has 1 aromatic carbocycles. The number of carbonyl (C=O) groups excluding carboxylic acids is 1. The summed E-state index contributed by atoms with van der Waals surface area (Å²) < 4.78 is 10.5. The fourth-order valence-corrected chi connectivity index (χ4v) is 2.52. The van der Waals surface area contributed by atoms with Crippen molar-refractivity contribution in [3.05, 3.63) is 53.7 Å². The number of nitrogens with zero attached hydrogens (tertiary/aromatic N) is 1. The topological polar surface area (TPSA) is 48.4 Å². The van der Waals surface area contributed by atoms with E-state index in [0.717, 1.165) is 17.7 Å². The van der Waals surface area contributed by atoms with E-state index in [1.54, 1.807) is 6.20 Å². The van der Waals surface area contributed by atoms with E-state index in [9.17, 15) is 4.79 Å². The quantitative estimate of drug-likeness (QED) is 0.804. The van der Waals surface area contributed by atoms with Gasteiger partial charge in [-0.25, -0.2) is 4.98 Å². The van der Waals surface area contributed by atoms with Crippen LogP contribution in [0, 0.1) is 5.92 Å². The largest absolute Gasteiger partial charge is 0.469 e. The molecule has 1 aliphatic rings. The Hall–Kier alpha value is -2.36. The number of esters is 1. The second-order valence-electron chi connectivity index (χ2n) is 4.83. The van der Waals surface area contributed by atoms with Crippen molar-refractivity contribution in [1.82, 2.24) is 4.98 Å². The van der Waals surface area contributed by atoms with Crippen LogP contribution in [0.4, 0.5) is 0 Å². The predicted molar refractivity (Wildman–Crippen MR) is 73.7 cm³/mol. The van der Waals surface area contributed by atoms with Gasteiger partial charge in [-0.3, -0.25) is 4.79 Å². The van der Waals surface area contributed by atoms with Crippen LogP contribution in [-0.4, -0.2) is 18.1 Å². The zero-order valence-corrected chi connectivity index (χ0v) is 11.2. The molecule has 20 heavy (non-hydrogen) atoms. The maximum absolute atomic E-state index is 11.6. The Balaban J connectivity index is 1.77. The summed E-state index contributed by atoms with van der Waals surface area (Å²) in [6, 6.07) is 11.4. The van der Waals surface area contributed by atoms with Crippen molar-refractivity contribution < 1.29 is 14.3 Å². The molecule has 4 heteroatoms. The minimum Gasteiger partial charge on any atom is -0.469 e. The summed E-state index contributed by atoms with van der Waals surface area (Å²) in [6.45, 7) is 0. The van der Waals surface area contributed by atoms with Gasteiger partial charge in [0, 0.05) is 12.3 Å². The molecular formula is C16H15NO3. The highest BCUT2D eigenvalue weighted by atomic mass is 16.5. The SMILES string of the molecule is COC(=O)C1Cc2ccc(Oc3ccccn3)cc2C1. The Morgan fingerprint density at radius 1 is 1.20 bits per heavy atom. The van der Waals surface area contributed by atoms with Gasteiger partial charge in [-0.05, 0) is 42.2 Å². The van der Waals surface area contributed by atoms with Gasteiger partial charge in [-0.1, -0.05) is 12.1 Å². The van der Waals surface area contributed by atoms with Crippen LogP contribution in [0.3, 0.4) is 0 Å². The molecule has 0 amide bonds. The maximum Gasteiger partial charge on any atom is 0.309 e. The summed E-state index contributed by atoms with van der Waals surface area (Å²) in [7, 11) is 1.43. The van der Waals surface area contributed by atoms with Crippen LogP contribution in [0.2, 0.25) is 0 Å². The molecule has 1 aliphatic carbocycles. The number of carbonyl (C=O) groups is 1. The number of benzene rings is 1. The number of hydrogen-bond acceptors (Lipinski definition) is 4. The van der Waals surface area contributed by atoms with Crippen LogP contribution in [0.25, 0.3) is 0 Å². The molecule has 0 aliphatic heterocycles. The smallest absolute Gasteiger partial charge is 0.309 e. The number of methoxy groups -OCH3 is 1. The predicted octanol–water partition coefficient (Wildman–Crippen LogP) is 2.76. The first-order valence-electron chi connectivity index (χ1n) is 6.55. The van der Waals surface area contributed by atoms with Gasteiger partial charge in [0.2, 0.25) is 5.88 Å². The molecule has 1 aromatic heterocycles. The number of rotatable bonds is 3. The molecule has 3 rings (SSSR count). The van der Waals surface area contributed by atoms with E-state index in [-0.39, 0.29) is 11.9 Å². The molecule has 0 radical (unpaired) electrons. The minimum absolute atomic E-state index is 0.0694. The van der Waals surface area contributed by atoms with Gasteiger partial charge in [0.15, 0.2) is 0 Å². The summed E-state index contributed by atoms with van der Waals surface area (Å²) in [5, 5.41) is 0. The van der Waals surface area contributed by atoms with Crippen molar-refractivity contribution in [2.45, 2.75) is 12.8 Å². The van der Waals surface area contributed by atoms with Gasteiger partial charge in [0.05, 0.1) is 13.0 Å². The van der Waals surface area contributed by atoms with Crippen LogP contribution in [0.15, 0.2) is 42.6 Å². The van der Waals surface area contributed by atoms with E-state index in [4.69, 9.17) is 9.47 Å². The summed E-state index contributed by atoms with van der Waals surface area (Å²) in [4.78, 5) is 15.7. The molecule has 2 aromatic rings. The summed E-state index contributed by atoms with van der Waals surface area (Å²) in [5.41, 5.74) is 2.34. The monoisotopic (exact) mass is 269 g/mol. The Bertz CT molecular complexity index is 625.